The average molecular weight is 218 g/mol. The molecule has 1 aromatic rings. The van der Waals surface area contributed by atoms with Crippen LogP contribution < -0.4 is 5.32 Å². The van der Waals surface area contributed by atoms with Crippen molar-refractivity contribution in [2.24, 2.45) is 0 Å². The monoisotopic (exact) mass is 218 g/mol. The maximum Gasteiger partial charge on any atom is 0.257 e. The molecular formula is C12H14N2O2. The number of hydrogen-bond acceptors (Lipinski definition) is 2. The minimum absolute atomic E-state index is 0.122. The second kappa shape index (κ2) is 6.40. The summed E-state index contributed by atoms with van der Waals surface area (Å²) >= 11 is 0. The Bertz CT molecular complexity index is 363. The van der Waals surface area contributed by atoms with Crippen molar-refractivity contribution in [1.29, 1.82) is 0 Å². The van der Waals surface area contributed by atoms with Gasteiger partial charge in [0.05, 0.1) is 0 Å². The van der Waals surface area contributed by atoms with E-state index in [0.29, 0.717) is 25.1 Å². The third-order valence-corrected chi connectivity index (χ3v) is 2.08. The first-order valence-electron chi connectivity index (χ1n) is 4.95. The molecule has 0 aliphatic carbocycles. The highest BCUT2D eigenvalue weighted by Crippen LogP contribution is 2.04. The molecular weight excluding hydrogens is 204 g/mol. The van der Waals surface area contributed by atoms with Crippen LogP contribution in [0, 0.1) is 0 Å². The molecule has 0 aliphatic rings. The second-order valence-electron chi connectivity index (χ2n) is 3.12. The molecule has 0 unspecified atom stereocenters. The van der Waals surface area contributed by atoms with Crippen LogP contribution in [0.1, 0.15) is 10.4 Å². The molecule has 4 nitrogen and oxygen atoms in total. The van der Waals surface area contributed by atoms with Gasteiger partial charge in [-0.2, -0.15) is 0 Å². The first kappa shape index (κ1) is 12.0. The summed E-state index contributed by atoms with van der Waals surface area (Å²) in [5.41, 5.74) is 0.605. The Morgan fingerprint density at radius 2 is 2.06 bits per heavy atom. The summed E-state index contributed by atoms with van der Waals surface area (Å²) in [4.78, 5) is 23.4. The van der Waals surface area contributed by atoms with Crippen molar-refractivity contribution in [2.75, 3.05) is 13.1 Å². The Morgan fingerprint density at radius 1 is 1.38 bits per heavy atom. The Labute approximate surface area is 94.6 Å². The van der Waals surface area contributed by atoms with Gasteiger partial charge in [0.2, 0.25) is 6.41 Å². The average Bonchev–Trinajstić information content (AvgIpc) is 2.35. The van der Waals surface area contributed by atoms with Gasteiger partial charge in [-0.15, -0.1) is 0 Å². The maximum atomic E-state index is 11.9. The normalized spacial score (nSPS) is 9.25. The largest absolute Gasteiger partial charge is 0.357 e. The van der Waals surface area contributed by atoms with Gasteiger partial charge < -0.3 is 10.2 Å². The molecule has 0 fully saturated rings. The van der Waals surface area contributed by atoms with E-state index in [0.717, 1.165) is 0 Å². The molecule has 0 saturated carbocycles. The molecule has 0 aromatic heterocycles. The van der Waals surface area contributed by atoms with E-state index in [1.807, 2.05) is 6.07 Å². The lowest BCUT2D eigenvalue weighted by molar-refractivity contribution is -0.109. The fourth-order valence-electron chi connectivity index (χ4n) is 1.27. The highest BCUT2D eigenvalue weighted by atomic mass is 16.2. The zero-order valence-corrected chi connectivity index (χ0v) is 8.93. The molecule has 0 saturated heterocycles. The highest BCUT2D eigenvalue weighted by molar-refractivity contribution is 5.94. The maximum absolute atomic E-state index is 11.9. The van der Waals surface area contributed by atoms with E-state index in [1.54, 1.807) is 24.3 Å². The Balaban J connectivity index is 2.63. The van der Waals surface area contributed by atoms with E-state index in [9.17, 15) is 9.59 Å². The van der Waals surface area contributed by atoms with E-state index in [2.05, 4.69) is 11.9 Å². The van der Waals surface area contributed by atoms with Crippen molar-refractivity contribution < 1.29 is 9.59 Å². The number of carbonyl (C=O) groups is 2. The van der Waals surface area contributed by atoms with Crippen LogP contribution in [0.3, 0.4) is 0 Å². The van der Waals surface area contributed by atoms with Crippen molar-refractivity contribution in [1.82, 2.24) is 10.2 Å². The van der Waals surface area contributed by atoms with Gasteiger partial charge in [0.15, 0.2) is 0 Å². The van der Waals surface area contributed by atoms with Gasteiger partial charge in [0.1, 0.15) is 0 Å². The number of hydrogen-bond donors (Lipinski definition) is 1. The second-order valence-corrected chi connectivity index (χ2v) is 3.12. The van der Waals surface area contributed by atoms with Gasteiger partial charge in [-0.25, -0.2) is 0 Å². The zero-order valence-electron chi connectivity index (χ0n) is 8.93. The van der Waals surface area contributed by atoms with Crippen molar-refractivity contribution in [3.8, 4) is 0 Å². The van der Waals surface area contributed by atoms with Gasteiger partial charge in [-0.05, 0) is 18.3 Å². The smallest absolute Gasteiger partial charge is 0.257 e. The van der Waals surface area contributed by atoms with Gasteiger partial charge in [0.25, 0.3) is 5.91 Å². The lowest BCUT2D eigenvalue weighted by Crippen LogP contribution is -2.32. The topological polar surface area (TPSA) is 49.4 Å². The first-order chi connectivity index (χ1) is 7.79. The van der Waals surface area contributed by atoms with Crippen LogP contribution in [0.25, 0.3) is 0 Å². The fraction of sp³-hybridized carbons (Fsp3) is 0.167. The predicted molar refractivity (Wildman–Crippen MR) is 61.7 cm³/mol. The molecule has 1 rings (SSSR count). The van der Waals surface area contributed by atoms with Crippen LogP contribution in [-0.4, -0.2) is 30.3 Å². The minimum Gasteiger partial charge on any atom is -0.357 e. The number of rotatable bonds is 6. The lowest BCUT2D eigenvalue weighted by Gasteiger charge is -2.17. The lowest BCUT2D eigenvalue weighted by atomic mass is 10.2. The number of carbonyl (C=O) groups excluding carboxylic acids is 2. The van der Waals surface area contributed by atoms with Crippen molar-refractivity contribution >= 4 is 12.3 Å². The van der Waals surface area contributed by atoms with Crippen LogP contribution in [-0.2, 0) is 4.79 Å². The fourth-order valence-corrected chi connectivity index (χ4v) is 1.27. The quantitative estimate of drug-likeness (QED) is 0.572. The van der Waals surface area contributed by atoms with Crippen LogP contribution in [0.2, 0.25) is 0 Å². The molecule has 4 heteroatoms. The molecule has 84 valence electrons. The summed E-state index contributed by atoms with van der Waals surface area (Å²) in [7, 11) is 0. The molecule has 2 amide bonds. The van der Waals surface area contributed by atoms with Crippen LogP contribution in [0.5, 0.6) is 0 Å². The van der Waals surface area contributed by atoms with E-state index < -0.39 is 0 Å². The summed E-state index contributed by atoms with van der Waals surface area (Å²) in [6, 6.07) is 8.94. The number of amides is 2. The van der Waals surface area contributed by atoms with Crippen LogP contribution in [0.4, 0.5) is 0 Å². The van der Waals surface area contributed by atoms with Gasteiger partial charge in [-0.1, -0.05) is 24.8 Å². The van der Waals surface area contributed by atoms with Crippen LogP contribution >= 0.6 is 0 Å². The van der Waals surface area contributed by atoms with Crippen molar-refractivity contribution in [3.05, 3.63) is 48.7 Å². The predicted octanol–water partition coefficient (Wildman–Crippen LogP) is 1.02. The standard InChI is InChI=1S/C12H14N2O2/c1-2-14(9-8-13-10-15)12(16)11-6-4-3-5-7-11/h2-7,10H,1,8-9H2,(H,13,15). The molecule has 0 aliphatic heterocycles. The van der Waals surface area contributed by atoms with Crippen molar-refractivity contribution in [3.63, 3.8) is 0 Å². The Kier molecular flexibility index (Phi) is 4.79. The summed E-state index contributed by atoms with van der Waals surface area (Å²) in [6.07, 6.45) is 2.07. The van der Waals surface area contributed by atoms with E-state index in [4.69, 9.17) is 0 Å². The third kappa shape index (κ3) is 3.24. The number of nitrogens with one attached hydrogen (secondary N) is 1. The number of nitrogens with zero attached hydrogens (tertiary/aromatic N) is 1. The minimum atomic E-state index is -0.122. The molecule has 0 spiro atoms. The molecule has 1 N–H and O–H groups in total. The molecule has 1 aromatic carbocycles. The summed E-state index contributed by atoms with van der Waals surface area (Å²) in [5, 5.41) is 2.50. The molecule has 0 atom stereocenters. The van der Waals surface area contributed by atoms with E-state index in [1.165, 1.54) is 11.1 Å². The van der Waals surface area contributed by atoms with E-state index in [-0.39, 0.29) is 5.91 Å². The van der Waals surface area contributed by atoms with Gasteiger partial charge in [0, 0.05) is 18.7 Å². The third-order valence-electron chi connectivity index (χ3n) is 2.08. The summed E-state index contributed by atoms with van der Waals surface area (Å²) < 4.78 is 0. The number of benzene rings is 1. The van der Waals surface area contributed by atoms with E-state index >= 15 is 0 Å². The van der Waals surface area contributed by atoms with Crippen molar-refractivity contribution in [2.45, 2.75) is 0 Å². The van der Waals surface area contributed by atoms with Gasteiger partial charge in [-0.3, -0.25) is 9.59 Å². The molecule has 16 heavy (non-hydrogen) atoms. The molecule has 0 radical (unpaired) electrons. The SMILES string of the molecule is C=CN(CCNC=O)C(=O)c1ccccc1. The molecule has 0 heterocycles. The first-order valence-corrected chi connectivity index (χ1v) is 4.95. The molecule has 0 bridgehead atoms. The Hall–Kier alpha value is -2.10. The summed E-state index contributed by atoms with van der Waals surface area (Å²) in [6.45, 7) is 4.40. The zero-order chi connectivity index (χ0) is 11.8. The van der Waals surface area contributed by atoms with Crippen LogP contribution in [0.15, 0.2) is 43.1 Å². The Morgan fingerprint density at radius 3 is 2.62 bits per heavy atom. The highest BCUT2D eigenvalue weighted by Gasteiger charge is 2.11. The van der Waals surface area contributed by atoms with Gasteiger partial charge >= 0.3 is 0 Å². The summed E-state index contributed by atoms with van der Waals surface area (Å²) in [5.74, 6) is -0.122.